The Morgan fingerprint density at radius 1 is 1.00 bits per heavy atom. The molecule has 1 heterocycles. The number of rotatable bonds is 13. The second-order valence-electron chi connectivity index (χ2n) is 6.98. The predicted octanol–water partition coefficient (Wildman–Crippen LogP) is 6.55. The van der Waals surface area contributed by atoms with Crippen molar-refractivity contribution in [1.82, 2.24) is 0 Å². The quantitative estimate of drug-likeness (QED) is 0.125. The van der Waals surface area contributed by atoms with Crippen LogP contribution in [0.15, 0.2) is 46.9 Å². The average Bonchev–Trinajstić information content (AvgIpc) is 3.20. The van der Waals surface area contributed by atoms with Crippen LogP contribution in [-0.4, -0.2) is 17.5 Å². The molecule has 0 saturated carbocycles. The van der Waals surface area contributed by atoms with Gasteiger partial charge >= 0.3 is 5.97 Å². The van der Waals surface area contributed by atoms with Crippen molar-refractivity contribution in [3.8, 4) is 11.3 Å². The number of carbonyl (C=O) groups excluding carboxylic acids is 1. The molecule has 156 valence electrons. The first-order valence-corrected chi connectivity index (χ1v) is 10.3. The molecule has 0 aliphatic heterocycles. The largest absolute Gasteiger partial charge is 0.463 e. The summed E-state index contributed by atoms with van der Waals surface area (Å²) in [5.41, 5.74) is 0.757. The first-order chi connectivity index (χ1) is 14.1. The van der Waals surface area contributed by atoms with E-state index in [0.717, 1.165) is 18.4 Å². The summed E-state index contributed by atoms with van der Waals surface area (Å²) in [6, 6.07) is 9.60. The molecule has 6 heteroatoms. The minimum atomic E-state index is -0.445. The van der Waals surface area contributed by atoms with Gasteiger partial charge in [-0.25, -0.2) is 4.79 Å². The van der Waals surface area contributed by atoms with E-state index in [1.165, 1.54) is 56.7 Å². The highest BCUT2D eigenvalue weighted by Gasteiger charge is 2.08. The zero-order chi connectivity index (χ0) is 20.9. The Labute approximate surface area is 171 Å². The zero-order valence-corrected chi connectivity index (χ0v) is 17.0. The van der Waals surface area contributed by atoms with Gasteiger partial charge in [-0.3, -0.25) is 10.1 Å². The summed E-state index contributed by atoms with van der Waals surface area (Å²) in [6.07, 6.45) is 12.5. The van der Waals surface area contributed by atoms with Gasteiger partial charge in [-0.05, 0) is 36.8 Å². The highest BCUT2D eigenvalue weighted by Crippen LogP contribution is 2.25. The van der Waals surface area contributed by atoms with Crippen LogP contribution < -0.4 is 0 Å². The first-order valence-electron chi connectivity index (χ1n) is 10.3. The molecule has 0 spiro atoms. The van der Waals surface area contributed by atoms with Gasteiger partial charge in [-0.1, -0.05) is 51.9 Å². The third-order valence-corrected chi connectivity index (χ3v) is 4.62. The van der Waals surface area contributed by atoms with Crippen LogP contribution in [0.1, 0.15) is 64.1 Å². The zero-order valence-electron chi connectivity index (χ0n) is 17.0. The second-order valence-corrected chi connectivity index (χ2v) is 6.98. The Bertz CT molecular complexity index is 792. The van der Waals surface area contributed by atoms with Gasteiger partial charge in [0.05, 0.1) is 11.5 Å². The topological polar surface area (TPSA) is 82.6 Å². The summed E-state index contributed by atoms with van der Waals surface area (Å²) < 4.78 is 10.9. The molecule has 0 bridgehead atoms. The minimum Gasteiger partial charge on any atom is -0.463 e. The molecule has 0 fully saturated rings. The molecule has 0 unspecified atom stereocenters. The maximum Gasteiger partial charge on any atom is 0.330 e. The number of unbranched alkanes of at least 4 members (excludes halogenated alkanes) is 7. The molecule has 0 radical (unpaired) electrons. The maximum atomic E-state index is 11.8. The summed E-state index contributed by atoms with van der Waals surface area (Å²) in [7, 11) is 0. The van der Waals surface area contributed by atoms with Crippen molar-refractivity contribution in [1.29, 1.82) is 0 Å². The van der Waals surface area contributed by atoms with Crippen LogP contribution in [-0.2, 0) is 9.53 Å². The number of hydrogen-bond acceptors (Lipinski definition) is 5. The van der Waals surface area contributed by atoms with Gasteiger partial charge in [-0.2, -0.15) is 0 Å². The van der Waals surface area contributed by atoms with Gasteiger partial charge in [0.2, 0.25) is 0 Å². The van der Waals surface area contributed by atoms with E-state index in [1.807, 2.05) is 0 Å². The highest BCUT2D eigenvalue weighted by atomic mass is 16.6. The normalized spacial score (nSPS) is 11.1. The predicted molar refractivity (Wildman–Crippen MR) is 113 cm³/mol. The molecule has 29 heavy (non-hydrogen) atoms. The molecule has 0 amide bonds. The minimum absolute atomic E-state index is 0.0275. The Morgan fingerprint density at radius 3 is 2.31 bits per heavy atom. The van der Waals surface area contributed by atoms with Gasteiger partial charge in [0.25, 0.3) is 5.69 Å². The lowest BCUT2D eigenvalue weighted by Crippen LogP contribution is -2.02. The van der Waals surface area contributed by atoms with Crippen LogP contribution in [0.4, 0.5) is 5.69 Å². The molecule has 0 saturated heterocycles. The van der Waals surface area contributed by atoms with Crippen LogP contribution >= 0.6 is 0 Å². The average molecular weight is 399 g/mol. The van der Waals surface area contributed by atoms with E-state index in [4.69, 9.17) is 9.15 Å². The van der Waals surface area contributed by atoms with E-state index in [2.05, 4.69) is 6.92 Å². The third kappa shape index (κ3) is 8.34. The van der Waals surface area contributed by atoms with Gasteiger partial charge in [0.15, 0.2) is 0 Å². The number of nitro groups is 1. The van der Waals surface area contributed by atoms with Crippen LogP contribution in [0, 0.1) is 10.1 Å². The van der Waals surface area contributed by atoms with Crippen molar-refractivity contribution in [3.63, 3.8) is 0 Å². The SMILES string of the molecule is CCCCCCCCCCOC(=O)C=Cc1ccc(-c2ccc([N+](=O)[O-])cc2)o1. The number of ether oxygens (including phenoxy) is 1. The molecular weight excluding hydrogens is 370 g/mol. The Balaban J connectivity index is 1.68. The van der Waals surface area contributed by atoms with Gasteiger partial charge < -0.3 is 9.15 Å². The smallest absolute Gasteiger partial charge is 0.330 e. The van der Waals surface area contributed by atoms with E-state index < -0.39 is 4.92 Å². The lowest BCUT2D eigenvalue weighted by molar-refractivity contribution is -0.384. The number of nitro benzene ring substituents is 1. The number of nitrogens with zero attached hydrogens (tertiary/aromatic N) is 1. The molecule has 6 nitrogen and oxygen atoms in total. The van der Waals surface area contributed by atoms with Crippen molar-refractivity contribution >= 4 is 17.7 Å². The van der Waals surface area contributed by atoms with Crippen molar-refractivity contribution in [2.45, 2.75) is 58.3 Å². The van der Waals surface area contributed by atoms with Crippen LogP contribution in [0.25, 0.3) is 17.4 Å². The number of benzene rings is 1. The van der Waals surface area contributed by atoms with Crippen LogP contribution in [0.3, 0.4) is 0 Å². The van der Waals surface area contributed by atoms with E-state index in [0.29, 0.717) is 18.1 Å². The Morgan fingerprint density at radius 2 is 1.66 bits per heavy atom. The standard InChI is InChI=1S/C23H29NO5/c1-2-3-4-5-6-7-8-9-18-28-23(25)17-15-21-14-16-22(29-21)19-10-12-20(13-11-19)24(26)27/h10-17H,2-9,18H2,1H3. The van der Waals surface area contributed by atoms with Gasteiger partial charge in [0, 0.05) is 23.8 Å². The highest BCUT2D eigenvalue weighted by molar-refractivity contribution is 5.86. The molecule has 2 rings (SSSR count). The third-order valence-electron chi connectivity index (χ3n) is 4.62. The fourth-order valence-corrected chi connectivity index (χ4v) is 2.95. The first kappa shape index (κ1) is 22.4. The van der Waals surface area contributed by atoms with Crippen molar-refractivity contribution in [3.05, 3.63) is 58.3 Å². The monoisotopic (exact) mass is 399 g/mol. The van der Waals surface area contributed by atoms with E-state index in [9.17, 15) is 14.9 Å². The summed E-state index contributed by atoms with van der Waals surface area (Å²) in [5.74, 6) is 0.704. The molecule has 2 aromatic rings. The van der Waals surface area contributed by atoms with Gasteiger partial charge in [-0.15, -0.1) is 0 Å². The maximum absolute atomic E-state index is 11.8. The number of hydrogen-bond donors (Lipinski definition) is 0. The molecule has 0 atom stereocenters. The molecular formula is C23H29NO5. The van der Waals surface area contributed by atoms with Crippen molar-refractivity contribution < 1.29 is 18.9 Å². The molecule has 0 aliphatic carbocycles. The van der Waals surface area contributed by atoms with Gasteiger partial charge in [0.1, 0.15) is 11.5 Å². The lowest BCUT2D eigenvalue weighted by atomic mass is 10.1. The lowest BCUT2D eigenvalue weighted by Gasteiger charge is -2.02. The fourth-order valence-electron chi connectivity index (χ4n) is 2.95. The second kappa shape index (κ2) is 12.5. The summed E-state index contributed by atoms with van der Waals surface area (Å²) in [4.78, 5) is 22.0. The van der Waals surface area contributed by atoms with E-state index in [1.54, 1.807) is 30.3 Å². The van der Waals surface area contributed by atoms with Crippen LogP contribution in [0.5, 0.6) is 0 Å². The molecule has 1 aromatic carbocycles. The molecule has 0 aliphatic rings. The number of carbonyl (C=O) groups is 1. The number of furan rings is 1. The fraction of sp³-hybridized carbons (Fsp3) is 0.435. The van der Waals surface area contributed by atoms with E-state index >= 15 is 0 Å². The summed E-state index contributed by atoms with van der Waals surface area (Å²) >= 11 is 0. The Hall–Kier alpha value is -2.89. The Kier molecular flexibility index (Phi) is 9.69. The van der Waals surface area contributed by atoms with Crippen LogP contribution in [0.2, 0.25) is 0 Å². The van der Waals surface area contributed by atoms with Crippen molar-refractivity contribution in [2.75, 3.05) is 6.61 Å². The summed E-state index contributed by atoms with van der Waals surface area (Å²) in [5, 5.41) is 10.7. The van der Waals surface area contributed by atoms with E-state index in [-0.39, 0.29) is 11.7 Å². The number of non-ortho nitro benzene ring substituents is 1. The summed E-state index contributed by atoms with van der Waals surface area (Å²) in [6.45, 7) is 2.65. The number of esters is 1. The molecule has 1 aromatic heterocycles. The molecule has 0 N–H and O–H groups in total. The van der Waals surface area contributed by atoms with Crippen molar-refractivity contribution in [2.24, 2.45) is 0 Å².